The lowest BCUT2D eigenvalue weighted by Gasteiger charge is -2.20. The summed E-state index contributed by atoms with van der Waals surface area (Å²) in [6.07, 6.45) is 0.406. The van der Waals surface area contributed by atoms with Crippen LogP contribution in [0.5, 0.6) is 5.75 Å². The Bertz CT molecular complexity index is 815. The van der Waals surface area contributed by atoms with Crippen LogP contribution in [0.25, 0.3) is 0 Å². The van der Waals surface area contributed by atoms with Gasteiger partial charge in [-0.1, -0.05) is 29.4 Å². The molecule has 27 heavy (non-hydrogen) atoms. The number of amides is 1. The number of amidine groups is 1. The van der Waals surface area contributed by atoms with Crippen molar-refractivity contribution in [1.82, 2.24) is 4.90 Å². The van der Waals surface area contributed by atoms with Crippen molar-refractivity contribution in [1.29, 1.82) is 0 Å². The monoisotopic (exact) mass is 425 g/mol. The van der Waals surface area contributed by atoms with Crippen LogP contribution in [-0.2, 0) is 4.79 Å². The molecule has 1 aliphatic rings. The highest BCUT2D eigenvalue weighted by molar-refractivity contribution is 8.14. The lowest BCUT2D eigenvalue weighted by atomic mass is 10.2. The lowest BCUT2D eigenvalue weighted by Crippen LogP contribution is -2.33. The van der Waals surface area contributed by atoms with Crippen LogP contribution in [0.4, 0.5) is 11.4 Å². The molecule has 1 heterocycles. The summed E-state index contributed by atoms with van der Waals surface area (Å²) < 4.78 is 5.23. The van der Waals surface area contributed by atoms with Crippen LogP contribution in [0.3, 0.4) is 0 Å². The maximum atomic E-state index is 12.3. The van der Waals surface area contributed by atoms with Gasteiger partial charge in [-0.2, -0.15) is 0 Å². The molecule has 0 saturated carbocycles. The number of benzene rings is 2. The number of aliphatic imine (C=N–C) groups is 1. The van der Waals surface area contributed by atoms with Crippen LogP contribution in [0.15, 0.2) is 53.5 Å². The molecule has 3 rings (SSSR count). The first-order valence-electron chi connectivity index (χ1n) is 8.19. The summed E-state index contributed by atoms with van der Waals surface area (Å²) in [5.74, 6) is 1.58. The molecule has 8 heteroatoms. The Morgan fingerprint density at radius 1 is 1.33 bits per heavy atom. The van der Waals surface area contributed by atoms with Crippen LogP contribution in [0.2, 0.25) is 5.02 Å². The predicted molar refractivity (Wildman–Crippen MR) is 116 cm³/mol. The zero-order valence-electron chi connectivity index (χ0n) is 15.0. The zero-order valence-corrected chi connectivity index (χ0v) is 17.4. The van der Waals surface area contributed by atoms with Gasteiger partial charge in [-0.05, 0) is 36.4 Å². The van der Waals surface area contributed by atoms with Gasteiger partial charge in [-0.15, -0.1) is 12.4 Å². The number of thioether (sulfide) groups is 1. The summed E-state index contributed by atoms with van der Waals surface area (Å²) >= 11 is 7.52. The minimum absolute atomic E-state index is 0. The fourth-order valence-corrected chi connectivity index (χ4v) is 3.93. The lowest BCUT2D eigenvalue weighted by molar-refractivity contribution is -0.116. The Morgan fingerprint density at radius 3 is 2.78 bits per heavy atom. The van der Waals surface area contributed by atoms with E-state index in [9.17, 15) is 4.79 Å². The van der Waals surface area contributed by atoms with Gasteiger partial charge in [0.2, 0.25) is 5.91 Å². The molecule has 0 spiro atoms. The van der Waals surface area contributed by atoms with Crippen molar-refractivity contribution < 1.29 is 9.53 Å². The minimum atomic E-state index is -0.0209. The number of methoxy groups -OCH3 is 1. The van der Waals surface area contributed by atoms with E-state index >= 15 is 0 Å². The average Bonchev–Trinajstić information content (AvgIpc) is 2.97. The second-order valence-corrected chi connectivity index (χ2v) is 7.35. The van der Waals surface area contributed by atoms with E-state index in [0.29, 0.717) is 11.4 Å². The Balaban J connectivity index is 0.00000261. The number of nitrogens with one attached hydrogen (secondary N) is 1. The van der Waals surface area contributed by atoms with E-state index in [1.807, 2.05) is 31.3 Å². The quantitative estimate of drug-likeness (QED) is 0.744. The van der Waals surface area contributed by atoms with E-state index in [4.69, 9.17) is 16.3 Å². The molecular formula is C19H21Cl2N3O2S. The van der Waals surface area contributed by atoms with Crippen molar-refractivity contribution in [3.05, 3.63) is 53.6 Å². The molecule has 1 atom stereocenters. The van der Waals surface area contributed by atoms with Crippen LogP contribution in [0, 0.1) is 0 Å². The molecule has 144 valence electrons. The van der Waals surface area contributed by atoms with Gasteiger partial charge in [0.25, 0.3) is 0 Å². The molecule has 1 unspecified atom stereocenters. The highest BCUT2D eigenvalue weighted by atomic mass is 35.5. The summed E-state index contributed by atoms with van der Waals surface area (Å²) in [5, 5.41) is 4.46. The SMILES string of the molecule is COc1cccc(/N=C2\SCC(CC(=O)Nc3ccc(Cl)cc3)N2C)c1.Cl. The molecule has 1 saturated heterocycles. The van der Waals surface area contributed by atoms with Gasteiger partial charge in [0, 0.05) is 42.0 Å². The normalized spacial score (nSPS) is 17.5. The topological polar surface area (TPSA) is 53.9 Å². The van der Waals surface area contributed by atoms with Crippen molar-refractivity contribution in [2.75, 3.05) is 25.2 Å². The van der Waals surface area contributed by atoms with Crippen molar-refractivity contribution in [3.63, 3.8) is 0 Å². The molecule has 2 aromatic carbocycles. The van der Waals surface area contributed by atoms with Gasteiger partial charge in [0.05, 0.1) is 12.8 Å². The van der Waals surface area contributed by atoms with Crippen LogP contribution < -0.4 is 10.1 Å². The van der Waals surface area contributed by atoms with Gasteiger partial charge < -0.3 is 15.0 Å². The van der Waals surface area contributed by atoms with E-state index in [2.05, 4.69) is 15.2 Å². The fraction of sp³-hybridized carbons (Fsp3) is 0.263. The molecule has 1 N–H and O–H groups in total. The number of carbonyl (C=O) groups is 1. The summed E-state index contributed by atoms with van der Waals surface area (Å²) in [5.41, 5.74) is 1.59. The van der Waals surface area contributed by atoms with Crippen molar-refractivity contribution in [3.8, 4) is 5.75 Å². The summed E-state index contributed by atoms with van der Waals surface area (Å²) in [6, 6.07) is 14.8. The Morgan fingerprint density at radius 2 is 2.07 bits per heavy atom. The molecule has 1 amide bonds. The molecule has 5 nitrogen and oxygen atoms in total. The zero-order chi connectivity index (χ0) is 18.5. The molecule has 0 aromatic heterocycles. The minimum Gasteiger partial charge on any atom is -0.497 e. The summed E-state index contributed by atoms with van der Waals surface area (Å²) in [7, 11) is 3.61. The van der Waals surface area contributed by atoms with Crippen molar-refractivity contribution in [2.45, 2.75) is 12.5 Å². The number of ether oxygens (including phenoxy) is 1. The third kappa shape index (κ3) is 5.79. The summed E-state index contributed by atoms with van der Waals surface area (Å²) in [6.45, 7) is 0. The predicted octanol–water partition coefficient (Wildman–Crippen LogP) is 4.83. The first kappa shape index (κ1) is 21.4. The first-order valence-corrected chi connectivity index (χ1v) is 9.55. The van der Waals surface area contributed by atoms with E-state index in [1.165, 1.54) is 0 Å². The number of halogens is 2. The first-order chi connectivity index (χ1) is 12.5. The molecule has 1 aliphatic heterocycles. The Kier molecular flexibility index (Phi) is 7.83. The third-order valence-corrected chi connectivity index (χ3v) is 5.52. The van der Waals surface area contributed by atoms with Gasteiger partial charge in [0.1, 0.15) is 5.75 Å². The smallest absolute Gasteiger partial charge is 0.226 e. The molecule has 0 radical (unpaired) electrons. The number of carbonyl (C=O) groups excluding carboxylic acids is 1. The summed E-state index contributed by atoms with van der Waals surface area (Å²) in [4.78, 5) is 19.1. The third-order valence-electron chi connectivity index (χ3n) is 4.08. The maximum absolute atomic E-state index is 12.3. The number of anilines is 1. The van der Waals surface area contributed by atoms with E-state index in [-0.39, 0.29) is 24.4 Å². The standard InChI is InChI=1S/C19H20ClN3O2S.ClH/c1-23-16(11-18(24)21-14-8-6-13(20)7-9-14)12-26-19(23)22-15-4-3-5-17(10-15)25-2;/h3-10,16H,11-12H2,1-2H3,(H,21,24);1H/b22-19-;. The number of nitrogens with zero attached hydrogens (tertiary/aromatic N) is 2. The van der Waals surface area contributed by atoms with Crippen molar-refractivity contribution >= 4 is 58.2 Å². The second kappa shape index (κ2) is 9.88. The molecule has 1 fully saturated rings. The number of hydrogen-bond donors (Lipinski definition) is 1. The molecule has 0 aliphatic carbocycles. The van der Waals surface area contributed by atoms with E-state index < -0.39 is 0 Å². The van der Waals surface area contributed by atoms with Gasteiger partial charge >= 0.3 is 0 Å². The highest BCUT2D eigenvalue weighted by Gasteiger charge is 2.29. The maximum Gasteiger partial charge on any atom is 0.226 e. The van der Waals surface area contributed by atoms with E-state index in [1.54, 1.807) is 43.1 Å². The fourth-order valence-electron chi connectivity index (χ4n) is 2.60. The van der Waals surface area contributed by atoms with Crippen molar-refractivity contribution in [2.24, 2.45) is 4.99 Å². The Hall–Kier alpha value is -1.89. The number of hydrogen-bond acceptors (Lipinski definition) is 4. The average molecular weight is 426 g/mol. The van der Waals surface area contributed by atoms with Gasteiger partial charge in [-0.3, -0.25) is 4.79 Å². The van der Waals surface area contributed by atoms with Gasteiger partial charge in [-0.25, -0.2) is 4.99 Å². The van der Waals surface area contributed by atoms with E-state index in [0.717, 1.165) is 28.0 Å². The second-order valence-electron chi connectivity index (χ2n) is 5.93. The Labute approximate surface area is 174 Å². The van der Waals surface area contributed by atoms with Crippen LogP contribution >= 0.6 is 35.8 Å². The van der Waals surface area contributed by atoms with Crippen LogP contribution in [-0.4, -0.2) is 41.9 Å². The highest BCUT2D eigenvalue weighted by Crippen LogP contribution is 2.29. The number of rotatable bonds is 5. The molecular weight excluding hydrogens is 405 g/mol. The van der Waals surface area contributed by atoms with Crippen LogP contribution in [0.1, 0.15) is 6.42 Å². The molecule has 2 aromatic rings. The largest absolute Gasteiger partial charge is 0.497 e. The van der Waals surface area contributed by atoms with Gasteiger partial charge in [0.15, 0.2) is 5.17 Å². The molecule has 0 bridgehead atoms.